The minimum Gasteiger partial charge on any atom is -0.492 e. The molecule has 1 aliphatic heterocycles. The highest BCUT2D eigenvalue weighted by molar-refractivity contribution is 5.20. The van der Waals surface area contributed by atoms with Crippen LogP contribution < -0.4 is 10.1 Å². The third kappa shape index (κ3) is 3.22. The summed E-state index contributed by atoms with van der Waals surface area (Å²) in [5.74, 6) is 0.963. The van der Waals surface area contributed by atoms with Crippen LogP contribution in [0.4, 0.5) is 0 Å². The van der Waals surface area contributed by atoms with Crippen molar-refractivity contribution in [2.24, 2.45) is 0 Å². The van der Waals surface area contributed by atoms with E-state index < -0.39 is 0 Å². The van der Waals surface area contributed by atoms with Crippen molar-refractivity contribution in [2.45, 2.75) is 13.0 Å². The molecule has 1 aliphatic rings. The van der Waals surface area contributed by atoms with Crippen molar-refractivity contribution in [3.63, 3.8) is 0 Å². The predicted octanol–water partition coefficient (Wildman–Crippen LogP) is 1.36. The van der Waals surface area contributed by atoms with Gasteiger partial charge in [-0.1, -0.05) is 18.2 Å². The summed E-state index contributed by atoms with van der Waals surface area (Å²) in [5.41, 5.74) is 0. The molecule has 0 saturated carbocycles. The smallest absolute Gasteiger partial charge is 0.119 e. The number of rotatable bonds is 4. The summed E-state index contributed by atoms with van der Waals surface area (Å²) in [5, 5.41) is 3.39. The van der Waals surface area contributed by atoms with Crippen molar-refractivity contribution >= 4 is 0 Å². The van der Waals surface area contributed by atoms with Crippen LogP contribution >= 0.6 is 0 Å². The standard InChI is InChI=1S/C13H20N2O/c1-12-11-14-7-8-15(12)9-10-16-13-5-3-2-4-6-13/h2-6,12,14H,7-11H2,1H3/t12-/m1/s1. The van der Waals surface area contributed by atoms with Gasteiger partial charge < -0.3 is 10.1 Å². The topological polar surface area (TPSA) is 24.5 Å². The monoisotopic (exact) mass is 220 g/mol. The fourth-order valence-corrected chi connectivity index (χ4v) is 2.01. The second-order valence-electron chi connectivity index (χ2n) is 4.25. The van der Waals surface area contributed by atoms with Gasteiger partial charge in [0.2, 0.25) is 0 Å². The van der Waals surface area contributed by atoms with Crippen molar-refractivity contribution < 1.29 is 4.74 Å². The van der Waals surface area contributed by atoms with Crippen LogP contribution in [0.25, 0.3) is 0 Å². The molecule has 2 rings (SSSR count). The molecule has 1 fully saturated rings. The molecule has 3 nitrogen and oxygen atoms in total. The van der Waals surface area contributed by atoms with E-state index in [1.807, 2.05) is 30.3 Å². The molecule has 0 aliphatic carbocycles. The molecule has 1 N–H and O–H groups in total. The Morgan fingerprint density at radius 3 is 2.94 bits per heavy atom. The van der Waals surface area contributed by atoms with Crippen LogP contribution in [-0.2, 0) is 0 Å². The highest BCUT2D eigenvalue weighted by Gasteiger charge is 2.16. The van der Waals surface area contributed by atoms with E-state index in [9.17, 15) is 0 Å². The van der Waals surface area contributed by atoms with Gasteiger partial charge in [-0.15, -0.1) is 0 Å². The number of benzene rings is 1. The molecule has 0 radical (unpaired) electrons. The Morgan fingerprint density at radius 1 is 1.38 bits per heavy atom. The van der Waals surface area contributed by atoms with Gasteiger partial charge in [0.05, 0.1) is 0 Å². The SMILES string of the molecule is C[C@@H]1CNCCN1CCOc1ccccc1. The van der Waals surface area contributed by atoms with Crippen LogP contribution in [0.5, 0.6) is 5.75 Å². The van der Waals surface area contributed by atoms with Gasteiger partial charge in [0.25, 0.3) is 0 Å². The van der Waals surface area contributed by atoms with Crippen molar-refractivity contribution in [1.29, 1.82) is 0 Å². The Hall–Kier alpha value is -1.06. The molecule has 1 aromatic rings. The van der Waals surface area contributed by atoms with Gasteiger partial charge in [0.1, 0.15) is 12.4 Å². The summed E-state index contributed by atoms with van der Waals surface area (Å²) in [6.45, 7) is 7.35. The summed E-state index contributed by atoms with van der Waals surface area (Å²) in [6.07, 6.45) is 0. The number of para-hydroxylation sites is 1. The normalized spacial score (nSPS) is 21.9. The zero-order valence-corrected chi connectivity index (χ0v) is 9.86. The van der Waals surface area contributed by atoms with Crippen molar-refractivity contribution in [3.8, 4) is 5.75 Å². The molecule has 88 valence electrons. The molecular formula is C13H20N2O. The summed E-state index contributed by atoms with van der Waals surface area (Å²) in [6, 6.07) is 10.6. The number of ether oxygens (including phenoxy) is 1. The van der Waals surface area contributed by atoms with Crippen LogP contribution in [0.3, 0.4) is 0 Å². The van der Waals surface area contributed by atoms with E-state index >= 15 is 0 Å². The number of hydrogen-bond donors (Lipinski definition) is 1. The molecule has 0 amide bonds. The maximum atomic E-state index is 5.69. The molecule has 0 unspecified atom stereocenters. The number of hydrogen-bond acceptors (Lipinski definition) is 3. The van der Waals surface area contributed by atoms with Gasteiger partial charge in [0, 0.05) is 32.2 Å². The lowest BCUT2D eigenvalue weighted by Gasteiger charge is -2.33. The molecule has 1 saturated heterocycles. The summed E-state index contributed by atoms with van der Waals surface area (Å²) in [7, 11) is 0. The van der Waals surface area contributed by atoms with Gasteiger partial charge in [-0.25, -0.2) is 0 Å². The largest absolute Gasteiger partial charge is 0.492 e. The third-order valence-corrected chi connectivity index (χ3v) is 3.03. The Balaban J connectivity index is 1.71. The first-order valence-electron chi connectivity index (χ1n) is 5.99. The van der Waals surface area contributed by atoms with Crippen LogP contribution in [0, 0.1) is 0 Å². The van der Waals surface area contributed by atoms with Crippen LogP contribution in [0.2, 0.25) is 0 Å². The van der Waals surface area contributed by atoms with Crippen molar-refractivity contribution in [1.82, 2.24) is 10.2 Å². The average Bonchev–Trinajstić information content (AvgIpc) is 2.33. The first-order chi connectivity index (χ1) is 7.86. The molecule has 0 bridgehead atoms. The minimum absolute atomic E-state index is 0.619. The van der Waals surface area contributed by atoms with Crippen LogP contribution in [0.15, 0.2) is 30.3 Å². The molecule has 3 heteroatoms. The first-order valence-corrected chi connectivity index (χ1v) is 5.99. The van der Waals surface area contributed by atoms with Crippen molar-refractivity contribution in [2.75, 3.05) is 32.8 Å². The number of piperazine rings is 1. The minimum atomic E-state index is 0.619. The van der Waals surface area contributed by atoms with E-state index in [0.717, 1.165) is 38.5 Å². The van der Waals surface area contributed by atoms with E-state index in [-0.39, 0.29) is 0 Å². The Kier molecular flexibility index (Phi) is 4.19. The molecule has 1 atom stereocenters. The van der Waals surface area contributed by atoms with Gasteiger partial charge in [-0.3, -0.25) is 4.90 Å². The summed E-state index contributed by atoms with van der Waals surface area (Å²) in [4.78, 5) is 2.47. The maximum absolute atomic E-state index is 5.69. The molecule has 0 aromatic heterocycles. The molecule has 16 heavy (non-hydrogen) atoms. The zero-order chi connectivity index (χ0) is 11.2. The molecule has 1 heterocycles. The summed E-state index contributed by atoms with van der Waals surface area (Å²) >= 11 is 0. The number of nitrogens with zero attached hydrogens (tertiary/aromatic N) is 1. The van der Waals surface area contributed by atoms with Gasteiger partial charge in [-0.2, -0.15) is 0 Å². The Labute approximate surface area is 97.4 Å². The quantitative estimate of drug-likeness (QED) is 0.829. The van der Waals surface area contributed by atoms with E-state index in [0.29, 0.717) is 6.04 Å². The molecule has 1 aromatic carbocycles. The Bertz CT molecular complexity index is 302. The fourth-order valence-electron chi connectivity index (χ4n) is 2.01. The second kappa shape index (κ2) is 5.87. The molecular weight excluding hydrogens is 200 g/mol. The second-order valence-corrected chi connectivity index (χ2v) is 4.25. The summed E-state index contributed by atoms with van der Waals surface area (Å²) < 4.78 is 5.69. The lowest BCUT2D eigenvalue weighted by molar-refractivity contribution is 0.143. The first kappa shape index (κ1) is 11.4. The van der Waals surface area contributed by atoms with E-state index in [4.69, 9.17) is 4.74 Å². The van der Waals surface area contributed by atoms with E-state index in [1.54, 1.807) is 0 Å². The number of nitrogens with one attached hydrogen (secondary N) is 1. The lowest BCUT2D eigenvalue weighted by atomic mass is 10.2. The van der Waals surface area contributed by atoms with Gasteiger partial charge in [0.15, 0.2) is 0 Å². The third-order valence-electron chi connectivity index (χ3n) is 3.03. The van der Waals surface area contributed by atoms with Gasteiger partial charge in [-0.05, 0) is 19.1 Å². The maximum Gasteiger partial charge on any atom is 0.119 e. The van der Waals surface area contributed by atoms with E-state index in [1.165, 1.54) is 0 Å². The lowest BCUT2D eigenvalue weighted by Crippen LogP contribution is -2.50. The van der Waals surface area contributed by atoms with Crippen molar-refractivity contribution in [3.05, 3.63) is 30.3 Å². The highest BCUT2D eigenvalue weighted by Crippen LogP contribution is 2.08. The highest BCUT2D eigenvalue weighted by atomic mass is 16.5. The van der Waals surface area contributed by atoms with Crippen LogP contribution in [0.1, 0.15) is 6.92 Å². The van der Waals surface area contributed by atoms with Gasteiger partial charge >= 0.3 is 0 Å². The zero-order valence-electron chi connectivity index (χ0n) is 9.86. The average molecular weight is 220 g/mol. The predicted molar refractivity (Wildman–Crippen MR) is 65.8 cm³/mol. The Morgan fingerprint density at radius 2 is 2.19 bits per heavy atom. The fraction of sp³-hybridized carbons (Fsp3) is 0.538. The van der Waals surface area contributed by atoms with E-state index in [2.05, 4.69) is 17.1 Å². The van der Waals surface area contributed by atoms with Crippen LogP contribution in [-0.4, -0.2) is 43.7 Å². The molecule has 0 spiro atoms.